The summed E-state index contributed by atoms with van der Waals surface area (Å²) >= 11 is 1.52. The number of benzene rings is 1. The van der Waals surface area contributed by atoms with Crippen molar-refractivity contribution in [1.29, 1.82) is 0 Å². The van der Waals surface area contributed by atoms with E-state index < -0.39 is 0 Å². The zero-order chi connectivity index (χ0) is 21.8. The molecule has 31 heavy (non-hydrogen) atoms. The predicted molar refractivity (Wildman–Crippen MR) is 118 cm³/mol. The molecule has 166 valence electrons. The van der Waals surface area contributed by atoms with E-state index in [1.807, 2.05) is 11.5 Å². The molecule has 0 bridgehead atoms. The molecule has 0 amide bonds. The van der Waals surface area contributed by atoms with Gasteiger partial charge in [0.2, 0.25) is 5.89 Å². The third-order valence-corrected chi connectivity index (χ3v) is 6.67. The molecule has 7 nitrogen and oxygen atoms in total. The van der Waals surface area contributed by atoms with Gasteiger partial charge in [-0.05, 0) is 70.5 Å². The maximum Gasteiger partial charge on any atom is 0.239 e. The molecule has 0 radical (unpaired) electrons. The van der Waals surface area contributed by atoms with Crippen LogP contribution in [0.15, 0.2) is 33.9 Å². The molecule has 1 aliphatic rings. The van der Waals surface area contributed by atoms with Crippen LogP contribution in [0.4, 0.5) is 4.39 Å². The maximum atomic E-state index is 13.6. The highest BCUT2D eigenvalue weighted by atomic mass is 32.2. The number of hydrogen-bond acceptors (Lipinski definition) is 7. The lowest BCUT2D eigenvalue weighted by molar-refractivity contribution is 0.167. The van der Waals surface area contributed by atoms with E-state index in [4.69, 9.17) is 4.52 Å². The molecule has 3 heterocycles. The molecule has 2 aromatic heterocycles. The van der Waals surface area contributed by atoms with Gasteiger partial charge in [0.15, 0.2) is 16.8 Å². The molecule has 4 rings (SSSR count). The first-order valence-corrected chi connectivity index (χ1v) is 11.9. The smallest absolute Gasteiger partial charge is 0.239 e. The molecule has 1 aromatic carbocycles. The molecule has 2 atom stereocenters. The average Bonchev–Trinajstić information content (AvgIpc) is 3.42. The van der Waals surface area contributed by atoms with Gasteiger partial charge in [-0.25, -0.2) is 4.39 Å². The summed E-state index contributed by atoms with van der Waals surface area (Å²) in [5.74, 6) is 1.90. The highest BCUT2D eigenvalue weighted by Crippen LogP contribution is 2.36. The van der Waals surface area contributed by atoms with Crippen molar-refractivity contribution >= 4 is 11.8 Å². The predicted octanol–water partition coefficient (Wildman–Crippen LogP) is 5.14. The van der Waals surface area contributed by atoms with E-state index in [9.17, 15) is 4.39 Å². The van der Waals surface area contributed by atoms with E-state index in [0.717, 1.165) is 48.4 Å². The summed E-state index contributed by atoms with van der Waals surface area (Å²) in [6, 6.07) is 6.59. The molecule has 0 saturated carbocycles. The topological polar surface area (TPSA) is 72.9 Å². The van der Waals surface area contributed by atoms with Crippen molar-refractivity contribution in [1.82, 2.24) is 29.8 Å². The minimum Gasteiger partial charge on any atom is -0.338 e. The summed E-state index contributed by atoms with van der Waals surface area (Å²) in [5, 5.41) is 13.8. The van der Waals surface area contributed by atoms with Gasteiger partial charge in [0.05, 0.1) is 11.3 Å². The number of aromatic nitrogens is 5. The number of thioether (sulfide) groups is 1. The number of halogens is 1. The number of aryl methyl sites for hydroxylation is 1. The summed E-state index contributed by atoms with van der Waals surface area (Å²) in [6.45, 7) is 8.38. The first-order chi connectivity index (χ1) is 15.1. The van der Waals surface area contributed by atoms with Crippen molar-refractivity contribution in [2.75, 3.05) is 13.1 Å². The van der Waals surface area contributed by atoms with Crippen molar-refractivity contribution in [3.05, 3.63) is 47.6 Å². The lowest BCUT2D eigenvalue weighted by Gasteiger charge is -2.31. The fraction of sp³-hybridized carbons (Fsp3) is 0.545. The van der Waals surface area contributed by atoms with E-state index in [-0.39, 0.29) is 17.1 Å². The Labute approximate surface area is 186 Å². The van der Waals surface area contributed by atoms with Crippen molar-refractivity contribution < 1.29 is 8.91 Å². The van der Waals surface area contributed by atoms with Gasteiger partial charge in [-0.3, -0.25) is 9.47 Å². The molecule has 0 spiro atoms. The van der Waals surface area contributed by atoms with E-state index in [1.165, 1.54) is 43.2 Å². The standard InChI is InChI=1S/C22H29FN6OS/c1-4-8-19-24-21(30-27-19)16(3)31-22-26-25-20(15(2)28-13-6-5-7-14-28)29(22)18-11-9-17(23)10-12-18/h9-12,15-16H,4-8,13-14H2,1-3H3. The second-order valence-electron chi connectivity index (χ2n) is 7.98. The van der Waals surface area contributed by atoms with Crippen LogP contribution < -0.4 is 0 Å². The van der Waals surface area contributed by atoms with Crippen LogP contribution in [0, 0.1) is 5.82 Å². The Balaban J connectivity index is 1.64. The van der Waals surface area contributed by atoms with E-state index >= 15 is 0 Å². The van der Waals surface area contributed by atoms with E-state index in [2.05, 4.69) is 39.1 Å². The van der Waals surface area contributed by atoms with Crippen LogP contribution in [0.5, 0.6) is 0 Å². The van der Waals surface area contributed by atoms with Crippen LogP contribution in [0.25, 0.3) is 5.69 Å². The molecule has 0 N–H and O–H groups in total. The first-order valence-electron chi connectivity index (χ1n) is 11.0. The second kappa shape index (κ2) is 9.91. The Bertz CT molecular complexity index is 982. The molecule has 3 aromatic rings. The van der Waals surface area contributed by atoms with Crippen molar-refractivity contribution in [2.45, 2.75) is 69.3 Å². The van der Waals surface area contributed by atoms with Crippen LogP contribution in [-0.2, 0) is 6.42 Å². The monoisotopic (exact) mass is 444 g/mol. The molecule has 1 aliphatic heterocycles. The normalized spacial score (nSPS) is 17.0. The van der Waals surface area contributed by atoms with Crippen LogP contribution in [0.1, 0.15) is 75.3 Å². The summed E-state index contributed by atoms with van der Waals surface area (Å²) in [5.41, 5.74) is 0.845. The van der Waals surface area contributed by atoms with Crippen LogP contribution in [0.3, 0.4) is 0 Å². The number of piperidine rings is 1. The Morgan fingerprint density at radius 1 is 1.10 bits per heavy atom. The van der Waals surface area contributed by atoms with Crippen molar-refractivity contribution in [3.63, 3.8) is 0 Å². The fourth-order valence-electron chi connectivity index (χ4n) is 3.90. The second-order valence-corrected chi connectivity index (χ2v) is 9.29. The largest absolute Gasteiger partial charge is 0.338 e. The average molecular weight is 445 g/mol. The summed E-state index contributed by atoms with van der Waals surface area (Å²) in [7, 11) is 0. The Morgan fingerprint density at radius 2 is 1.84 bits per heavy atom. The fourth-order valence-corrected chi connectivity index (χ4v) is 4.80. The Morgan fingerprint density at radius 3 is 2.55 bits per heavy atom. The zero-order valence-electron chi connectivity index (χ0n) is 18.3. The quantitative estimate of drug-likeness (QED) is 0.445. The molecule has 1 saturated heterocycles. The van der Waals surface area contributed by atoms with Gasteiger partial charge in [-0.1, -0.05) is 30.3 Å². The van der Waals surface area contributed by atoms with Crippen molar-refractivity contribution in [2.24, 2.45) is 0 Å². The summed E-state index contributed by atoms with van der Waals surface area (Å²) in [4.78, 5) is 6.96. The molecular weight excluding hydrogens is 415 g/mol. The third kappa shape index (κ3) is 4.98. The SMILES string of the molecule is CCCc1noc(C(C)Sc2nnc(C(C)N3CCCCC3)n2-c2ccc(F)cc2)n1. The van der Waals surface area contributed by atoms with Gasteiger partial charge < -0.3 is 4.52 Å². The van der Waals surface area contributed by atoms with Gasteiger partial charge >= 0.3 is 0 Å². The highest BCUT2D eigenvalue weighted by Gasteiger charge is 2.27. The van der Waals surface area contributed by atoms with Gasteiger partial charge in [0.1, 0.15) is 5.82 Å². The summed E-state index contributed by atoms with van der Waals surface area (Å²) < 4.78 is 21.1. The molecule has 1 fully saturated rings. The lowest BCUT2D eigenvalue weighted by atomic mass is 10.1. The van der Waals surface area contributed by atoms with E-state index in [0.29, 0.717) is 5.89 Å². The van der Waals surface area contributed by atoms with Crippen LogP contribution in [-0.4, -0.2) is 42.9 Å². The Hall–Kier alpha value is -2.26. The number of hydrogen-bond donors (Lipinski definition) is 0. The summed E-state index contributed by atoms with van der Waals surface area (Å²) in [6.07, 6.45) is 5.44. The zero-order valence-corrected chi connectivity index (χ0v) is 19.1. The maximum absolute atomic E-state index is 13.6. The first kappa shape index (κ1) is 22.0. The lowest BCUT2D eigenvalue weighted by Crippen LogP contribution is -2.33. The van der Waals surface area contributed by atoms with Crippen LogP contribution in [0.2, 0.25) is 0 Å². The Kier molecular flexibility index (Phi) is 7.02. The number of likely N-dealkylation sites (tertiary alicyclic amines) is 1. The van der Waals surface area contributed by atoms with Crippen molar-refractivity contribution in [3.8, 4) is 5.69 Å². The van der Waals surface area contributed by atoms with E-state index in [1.54, 1.807) is 12.1 Å². The third-order valence-electron chi connectivity index (χ3n) is 5.64. The van der Waals surface area contributed by atoms with Gasteiger partial charge in [0.25, 0.3) is 0 Å². The molecule has 2 unspecified atom stereocenters. The molecule has 0 aliphatic carbocycles. The van der Waals surface area contributed by atoms with Gasteiger partial charge in [-0.15, -0.1) is 10.2 Å². The molecule has 9 heteroatoms. The molecular formula is C22H29FN6OS. The minimum atomic E-state index is -0.265. The minimum absolute atomic E-state index is 0.0837. The van der Waals surface area contributed by atoms with Gasteiger partial charge in [0, 0.05) is 12.1 Å². The van der Waals surface area contributed by atoms with Crippen LogP contribution >= 0.6 is 11.8 Å². The number of nitrogens with zero attached hydrogens (tertiary/aromatic N) is 6. The van der Waals surface area contributed by atoms with Gasteiger partial charge in [-0.2, -0.15) is 4.98 Å². The highest BCUT2D eigenvalue weighted by molar-refractivity contribution is 7.99. The number of rotatable bonds is 8.